The summed E-state index contributed by atoms with van der Waals surface area (Å²) in [7, 11) is 0. The molecule has 2 rings (SSSR count). The summed E-state index contributed by atoms with van der Waals surface area (Å²) in [5.74, 6) is -1.77. The van der Waals surface area contributed by atoms with E-state index < -0.39 is 28.9 Å². The molecule has 27 heavy (non-hydrogen) atoms. The number of rotatable bonds is 6. The maximum absolute atomic E-state index is 12.4. The Morgan fingerprint density at radius 1 is 1.11 bits per heavy atom. The van der Waals surface area contributed by atoms with E-state index in [-0.39, 0.29) is 11.3 Å². The van der Waals surface area contributed by atoms with Gasteiger partial charge >= 0.3 is 12.0 Å². The highest BCUT2D eigenvalue weighted by atomic mass is 16.6. The van der Waals surface area contributed by atoms with Crippen LogP contribution in [-0.2, 0) is 9.53 Å². The number of hydrogen-bond donors (Lipinski definition) is 2. The van der Waals surface area contributed by atoms with Crippen LogP contribution in [0.2, 0.25) is 0 Å². The van der Waals surface area contributed by atoms with E-state index in [1.807, 2.05) is 0 Å². The largest absolute Gasteiger partial charge is 0.444 e. The van der Waals surface area contributed by atoms with Gasteiger partial charge in [-0.1, -0.05) is 36.4 Å². The normalized spacial score (nSPS) is 11.1. The Morgan fingerprint density at radius 3 is 2.44 bits per heavy atom. The predicted molar refractivity (Wildman–Crippen MR) is 94.9 cm³/mol. The number of carbonyl (C=O) groups excluding carboxylic acids is 3. The maximum Gasteiger partial charge on any atom is 0.339 e. The second kappa shape index (κ2) is 9.09. The van der Waals surface area contributed by atoms with Gasteiger partial charge in [0.2, 0.25) is 6.10 Å². The Hall–Kier alpha value is -3.75. The summed E-state index contributed by atoms with van der Waals surface area (Å²) in [6.45, 7) is 1.99. The summed E-state index contributed by atoms with van der Waals surface area (Å²) in [6, 6.07) is 12.3. The van der Waals surface area contributed by atoms with Crippen LogP contribution in [0.25, 0.3) is 0 Å². The van der Waals surface area contributed by atoms with Crippen LogP contribution < -0.4 is 10.6 Å². The fourth-order valence-corrected chi connectivity index (χ4v) is 2.20. The summed E-state index contributed by atoms with van der Waals surface area (Å²) < 4.78 is 5.24. The third-order valence-electron chi connectivity index (χ3n) is 3.43. The van der Waals surface area contributed by atoms with Gasteiger partial charge in [0.05, 0.1) is 10.5 Å². The van der Waals surface area contributed by atoms with Crippen molar-refractivity contribution in [3.8, 4) is 0 Å². The smallest absolute Gasteiger partial charge is 0.339 e. The van der Waals surface area contributed by atoms with Crippen molar-refractivity contribution in [1.82, 2.24) is 10.6 Å². The van der Waals surface area contributed by atoms with Gasteiger partial charge in [0.25, 0.3) is 11.6 Å². The lowest BCUT2D eigenvalue weighted by atomic mass is 10.1. The highest BCUT2D eigenvalue weighted by Crippen LogP contribution is 2.21. The molecule has 0 saturated carbocycles. The van der Waals surface area contributed by atoms with E-state index >= 15 is 0 Å². The minimum Gasteiger partial charge on any atom is -0.444 e. The number of non-ortho nitro benzene ring substituents is 1. The van der Waals surface area contributed by atoms with Gasteiger partial charge in [0.15, 0.2) is 0 Å². The van der Waals surface area contributed by atoms with E-state index in [4.69, 9.17) is 4.74 Å². The Bertz CT molecular complexity index is 853. The third kappa shape index (κ3) is 5.36. The number of carbonyl (C=O) groups is 3. The zero-order valence-electron chi connectivity index (χ0n) is 14.4. The molecule has 0 aliphatic carbocycles. The lowest BCUT2D eigenvalue weighted by Gasteiger charge is -2.17. The van der Waals surface area contributed by atoms with Crippen LogP contribution in [0, 0.1) is 10.1 Å². The molecule has 2 aromatic rings. The SMILES string of the molecule is CCNC(=O)NC(=O)[C@H](OC(=O)c1cccc([N+](=O)[O-])c1)c1ccccc1. The molecule has 0 spiro atoms. The lowest BCUT2D eigenvalue weighted by molar-refractivity contribution is -0.384. The van der Waals surface area contributed by atoms with Crippen molar-refractivity contribution in [1.29, 1.82) is 0 Å². The van der Waals surface area contributed by atoms with E-state index in [0.717, 1.165) is 6.07 Å². The molecule has 0 saturated heterocycles. The summed E-state index contributed by atoms with van der Waals surface area (Å²) in [5.41, 5.74) is -0.0264. The lowest BCUT2D eigenvalue weighted by Crippen LogP contribution is -2.42. The molecule has 2 N–H and O–H groups in total. The van der Waals surface area contributed by atoms with Gasteiger partial charge in [0.1, 0.15) is 0 Å². The Labute approximate surface area is 154 Å². The fraction of sp³-hybridized carbons (Fsp3) is 0.167. The number of ether oxygens (including phenoxy) is 1. The number of imide groups is 1. The zero-order valence-corrected chi connectivity index (χ0v) is 14.4. The van der Waals surface area contributed by atoms with Crippen molar-refractivity contribution in [2.24, 2.45) is 0 Å². The van der Waals surface area contributed by atoms with Crippen LogP contribution >= 0.6 is 0 Å². The van der Waals surface area contributed by atoms with E-state index in [9.17, 15) is 24.5 Å². The molecule has 0 bridgehead atoms. The molecule has 140 valence electrons. The second-order valence-corrected chi connectivity index (χ2v) is 5.35. The molecule has 3 amide bonds. The third-order valence-corrected chi connectivity index (χ3v) is 3.43. The van der Waals surface area contributed by atoms with Crippen LogP contribution in [0.5, 0.6) is 0 Å². The molecule has 0 aliphatic heterocycles. The number of benzene rings is 2. The first-order valence-electron chi connectivity index (χ1n) is 8.01. The first kappa shape index (κ1) is 19.6. The molecule has 0 aliphatic rings. The molecule has 9 nitrogen and oxygen atoms in total. The van der Waals surface area contributed by atoms with E-state index in [0.29, 0.717) is 12.1 Å². The van der Waals surface area contributed by atoms with E-state index in [1.165, 1.54) is 18.2 Å². The number of nitro benzene ring substituents is 1. The van der Waals surface area contributed by atoms with Gasteiger partial charge in [-0.3, -0.25) is 20.2 Å². The monoisotopic (exact) mass is 371 g/mol. The van der Waals surface area contributed by atoms with Crippen molar-refractivity contribution >= 4 is 23.6 Å². The number of amides is 3. The minimum absolute atomic E-state index is 0.0871. The highest BCUT2D eigenvalue weighted by molar-refractivity contribution is 5.99. The number of nitrogens with one attached hydrogen (secondary N) is 2. The molecule has 2 aromatic carbocycles. The zero-order chi connectivity index (χ0) is 19.8. The Balaban J connectivity index is 2.25. The minimum atomic E-state index is -1.40. The molecule has 0 radical (unpaired) electrons. The van der Waals surface area contributed by atoms with Crippen molar-refractivity contribution < 1.29 is 24.0 Å². The van der Waals surface area contributed by atoms with Crippen LogP contribution in [0.3, 0.4) is 0 Å². The van der Waals surface area contributed by atoms with Crippen LogP contribution in [0.4, 0.5) is 10.5 Å². The predicted octanol–water partition coefficient (Wildman–Crippen LogP) is 2.34. The summed E-state index contributed by atoms with van der Waals surface area (Å²) in [4.78, 5) is 46.6. The van der Waals surface area contributed by atoms with Crippen LogP contribution in [0.15, 0.2) is 54.6 Å². The number of esters is 1. The topological polar surface area (TPSA) is 128 Å². The molecule has 0 fully saturated rings. The first-order chi connectivity index (χ1) is 12.9. The Morgan fingerprint density at radius 2 is 1.81 bits per heavy atom. The molecular weight excluding hydrogens is 354 g/mol. The van der Waals surface area contributed by atoms with Gasteiger partial charge < -0.3 is 10.1 Å². The number of urea groups is 1. The second-order valence-electron chi connectivity index (χ2n) is 5.35. The molecule has 0 unspecified atom stereocenters. The van der Waals surface area contributed by atoms with E-state index in [1.54, 1.807) is 37.3 Å². The van der Waals surface area contributed by atoms with Gasteiger partial charge in [-0.05, 0) is 13.0 Å². The van der Waals surface area contributed by atoms with Gasteiger partial charge in [0, 0.05) is 24.2 Å². The molecule has 9 heteroatoms. The standard InChI is InChI=1S/C18H17N3O6/c1-2-19-18(24)20-16(22)15(12-7-4-3-5-8-12)27-17(23)13-9-6-10-14(11-13)21(25)26/h3-11,15H,2H2,1H3,(H2,19,20,22,24)/t15-/m1/s1. The van der Waals surface area contributed by atoms with Crippen molar-refractivity contribution in [3.05, 3.63) is 75.8 Å². The average molecular weight is 371 g/mol. The summed E-state index contributed by atoms with van der Waals surface area (Å²) in [6.07, 6.45) is -1.40. The molecule has 0 heterocycles. The first-order valence-corrected chi connectivity index (χ1v) is 8.01. The number of hydrogen-bond acceptors (Lipinski definition) is 6. The Kier molecular flexibility index (Phi) is 6.59. The van der Waals surface area contributed by atoms with Crippen molar-refractivity contribution in [2.75, 3.05) is 6.54 Å². The maximum atomic E-state index is 12.4. The van der Waals surface area contributed by atoms with Crippen molar-refractivity contribution in [3.63, 3.8) is 0 Å². The van der Waals surface area contributed by atoms with Gasteiger partial charge in [-0.25, -0.2) is 9.59 Å². The van der Waals surface area contributed by atoms with Crippen LogP contribution in [0.1, 0.15) is 28.9 Å². The quantitative estimate of drug-likeness (QED) is 0.456. The molecule has 1 atom stereocenters. The molecular formula is C18H17N3O6. The number of nitrogens with zero attached hydrogens (tertiary/aromatic N) is 1. The van der Waals surface area contributed by atoms with Gasteiger partial charge in [-0.15, -0.1) is 0 Å². The van der Waals surface area contributed by atoms with Crippen molar-refractivity contribution in [2.45, 2.75) is 13.0 Å². The van der Waals surface area contributed by atoms with Crippen LogP contribution in [-0.4, -0.2) is 29.4 Å². The fourth-order valence-electron chi connectivity index (χ4n) is 2.20. The highest BCUT2D eigenvalue weighted by Gasteiger charge is 2.27. The van der Waals surface area contributed by atoms with E-state index in [2.05, 4.69) is 10.6 Å². The summed E-state index contributed by atoms with van der Waals surface area (Å²) in [5, 5.41) is 15.3. The molecule has 0 aromatic heterocycles. The average Bonchev–Trinajstić information content (AvgIpc) is 2.66. The number of nitro groups is 1. The van der Waals surface area contributed by atoms with Gasteiger partial charge in [-0.2, -0.15) is 0 Å². The summed E-state index contributed by atoms with van der Waals surface area (Å²) >= 11 is 0.